The summed E-state index contributed by atoms with van der Waals surface area (Å²) in [7, 11) is -0.236. The molecule has 3 nitrogen and oxygen atoms in total. The average molecular weight is 341 g/mol. The minimum atomic E-state index is -0.271. The monoisotopic (exact) mass is 341 g/mol. The molecule has 0 radical (unpaired) electrons. The maximum Gasteiger partial charge on any atom is 0.496 e. The highest BCUT2D eigenvalue weighted by molar-refractivity contribution is 6.62. The lowest BCUT2D eigenvalue weighted by Gasteiger charge is -2.57. The highest BCUT2D eigenvalue weighted by atomic mass is 16.7. The summed E-state index contributed by atoms with van der Waals surface area (Å²) in [6, 6.07) is 2.26. The van der Waals surface area contributed by atoms with Crippen LogP contribution in [0.2, 0.25) is 0 Å². The summed E-state index contributed by atoms with van der Waals surface area (Å²) in [6.07, 6.45) is 11.0. The number of hydrogen-bond acceptors (Lipinski definition) is 2. The molecular weight excluding hydrogens is 309 g/mol. The van der Waals surface area contributed by atoms with Crippen molar-refractivity contribution in [3.05, 3.63) is 18.0 Å². The largest absolute Gasteiger partial charge is 0.496 e. The van der Waals surface area contributed by atoms with Crippen LogP contribution in [0.4, 0.5) is 0 Å². The summed E-state index contributed by atoms with van der Waals surface area (Å²) in [4.78, 5) is 0. The van der Waals surface area contributed by atoms with Crippen molar-refractivity contribution in [1.29, 1.82) is 0 Å². The van der Waals surface area contributed by atoms with Gasteiger partial charge in [-0.1, -0.05) is 0 Å². The first kappa shape index (κ1) is 16.4. The van der Waals surface area contributed by atoms with Gasteiger partial charge in [-0.3, -0.25) is 0 Å². The fourth-order valence-corrected chi connectivity index (χ4v) is 6.62. The van der Waals surface area contributed by atoms with E-state index in [1.54, 1.807) is 0 Å². The van der Waals surface area contributed by atoms with Gasteiger partial charge in [0, 0.05) is 22.9 Å². The van der Waals surface area contributed by atoms with Gasteiger partial charge in [0.1, 0.15) is 0 Å². The summed E-state index contributed by atoms with van der Waals surface area (Å²) < 4.78 is 15.3. The molecule has 0 spiro atoms. The first-order chi connectivity index (χ1) is 11.7. The first-order valence-electron chi connectivity index (χ1n) is 10.2. The Morgan fingerprint density at radius 2 is 1.40 bits per heavy atom. The first-order valence-corrected chi connectivity index (χ1v) is 10.2. The number of rotatable bonds is 2. The fourth-order valence-electron chi connectivity index (χ4n) is 6.62. The van der Waals surface area contributed by atoms with E-state index >= 15 is 0 Å². The molecule has 1 saturated heterocycles. The van der Waals surface area contributed by atoms with E-state index in [1.165, 1.54) is 49.7 Å². The molecule has 25 heavy (non-hydrogen) atoms. The Morgan fingerprint density at radius 3 is 1.88 bits per heavy atom. The van der Waals surface area contributed by atoms with Crippen LogP contribution in [0.15, 0.2) is 12.3 Å². The maximum absolute atomic E-state index is 6.33. The predicted molar refractivity (Wildman–Crippen MR) is 101 cm³/mol. The van der Waals surface area contributed by atoms with Crippen molar-refractivity contribution in [1.82, 2.24) is 4.57 Å². The lowest BCUT2D eigenvalue weighted by molar-refractivity contribution is -0.0437. The molecule has 0 atom stereocenters. The third kappa shape index (κ3) is 2.26. The highest BCUT2D eigenvalue weighted by Gasteiger charge is 2.54. The third-order valence-electron chi connectivity index (χ3n) is 8.21. The van der Waals surface area contributed by atoms with Crippen LogP contribution in [0.5, 0.6) is 0 Å². The zero-order valence-electron chi connectivity index (χ0n) is 16.5. The molecule has 0 aromatic carbocycles. The van der Waals surface area contributed by atoms with Crippen LogP contribution in [0.25, 0.3) is 0 Å². The Bertz CT molecular complexity index is 653. The van der Waals surface area contributed by atoms with Gasteiger partial charge in [0.25, 0.3) is 0 Å². The molecule has 0 N–H and O–H groups in total. The molecule has 4 bridgehead atoms. The highest BCUT2D eigenvalue weighted by Crippen LogP contribution is 2.59. The second kappa shape index (κ2) is 4.95. The molecule has 6 rings (SSSR count). The molecule has 136 valence electrons. The molecule has 0 amide bonds. The maximum atomic E-state index is 6.33. The van der Waals surface area contributed by atoms with E-state index in [2.05, 4.69) is 51.4 Å². The second-order valence-electron chi connectivity index (χ2n) is 10.5. The molecule has 2 heterocycles. The number of aromatic nitrogens is 1. The van der Waals surface area contributed by atoms with Crippen molar-refractivity contribution in [3.8, 4) is 0 Å². The SMILES string of the molecule is Cc1c(B2OC(C)(C)C(C)(C)O2)ccn1C12CC3CC(CC(C3)C1)C2. The normalized spacial score (nSPS) is 40.8. The second-order valence-corrected chi connectivity index (χ2v) is 10.5. The molecule has 4 saturated carbocycles. The summed E-state index contributed by atoms with van der Waals surface area (Å²) in [5.41, 5.74) is 2.43. The average Bonchev–Trinajstić information content (AvgIpc) is 2.95. The molecular formula is C21H32BNO2. The molecule has 4 heteroatoms. The van der Waals surface area contributed by atoms with Crippen molar-refractivity contribution in [2.24, 2.45) is 17.8 Å². The van der Waals surface area contributed by atoms with Crippen LogP contribution in [0, 0.1) is 24.7 Å². The Labute approximate surface area is 152 Å². The zero-order chi connectivity index (χ0) is 17.6. The molecule has 5 aliphatic rings. The van der Waals surface area contributed by atoms with Crippen LogP contribution in [-0.4, -0.2) is 22.9 Å². The van der Waals surface area contributed by atoms with E-state index in [-0.39, 0.29) is 18.3 Å². The van der Waals surface area contributed by atoms with Crippen molar-refractivity contribution >= 4 is 12.6 Å². The van der Waals surface area contributed by atoms with Gasteiger partial charge in [0.05, 0.1) is 11.2 Å². The van der Waals surface area contributed by atoms with E-state index in [0.29, 0.717) is 5.54 Å². The van der Waals surface area contributed by atoms with Crippen molar-refractivity contribution in [3.63, 3.8) is 0 Å². The summed E-state index contributed by atoms with van der Waals surface area (Å²) >= 11 is 0. The lowest BCUT2D eigenvalue weighted by atomic mass is 9.53. The van der Waals surface area contributed by atoms with Crippen LogP contribution < -0.4 is 5.46 Å². The van der Waals surface area contributed by atoms with Gasteiger partial charge >= 0.3 is 7.12 Å². The zero-order valence-corrected chi connectivity index (χ0v) is 16.5. The van der Waals surface area contributed by atoms with Crippen LogP contribution in [0.1, 0.15) is 71.9 Å². The van der Waals surface area contributed by atoms with Gasteiger partial charge in [0.2, 0.25) is 0 Å². The molecule has 5 fully saturated rings. The van der Waals surface area contributed by atoms with E-state index in [0.717, 1.165) is 17.8 Å². The van der Waals surface area contributed by atoms with Gasteiger partial charge in [-0.25, -0.2) is 0 Å². The summed E-state index contributed by atoms with van der Waals surface area (Å²) in [5.74, 6) is 2.90. The Balaban J connectivity index is 1.48. The summed E-state index contributed by atoms with van der Waals surface area (Å²) in [6.45, 7) is 10.8. The minimum Gasteiger partial charge on any atom is -0.399 e. The molecule has 1 aromatic rings. The Morgan fingerprint density at radius 1 is 0.920 bits per heavy atom. The molecule has 0 unspecified atom stereocenters. The number of nitrogens with zero attached hydrogens (tertiary/aromatic N) is 1. The molecule has 1 aliphatic heterocycles. The van der Waals surface area contributed by atoms with Crippen LogP contribution >= 0.6 is 0 Å². The molecule has 1 aromatic heterocycles. The summed E-state index contributed by atoms with van der Waals surface area (Å²) in [5, 5.41) is 0. The smallest absolute Gasteiger partial charge is 0.399 e. The fraction of sp³-hybridized carbons (Fsp3) is 0.810. The van der Waals surface area contributed by atoms with E-state index in [4.69, 9.17) is 9.31 Å². The third-order valence-corrected chi connectivity index (χ3v) is 8.21. The predicted octanol–water partition coefficient (Wildman–Crippen LogP) is 4.02. The van der Waals surface area contributed by atoms with Crippen molar-refractivity contribution in [2.45, 2.75) is 89.9 Å². The van der Waals surface area contributed by atoms with Gasteiger partial charge in [-0.15, -0.1) is 0 Å². The standard InChI is InChI=1S/C21H32BNO2/c1-14-18(22-24-19(2,3)20(4,5)25-22)6-7-23(14)21-11-15-8-16(12-21)10-17(9-15)13-21/h6-7,15-17H,8-13H2,1-5H3. The van der Waals surface area contributed by atoms with Crippen LogP contribution in [-0.2, 0) is 14.8 Å². The Hall–Kier alpha value is -0.735. The topological polar surface area (TPSA) is 23.4 Å². The van der Waals surface area contributed by atoms with Gasteiger partial charge < -0.3 is 13.9 Å². The lowest BCUT2D eigenvalue weighted by Crippen LogP contribution is -2.52. The number of hydrogen-bond donors (Lipinski definition) is 0. The van der Waals surface area contributed by atoms with Gasteiger partial charge in [-0.2, -0.15) is 0 Å². The quantitative estimate of drug-likeness (QED) is 0.759. The van der Waals surface area contributed by atoms with E-state index < -0.39 is 0 Å². The van der Waals surface area contributed by atoms with E-state index in [1.807, 2.05) is 0 Å². The van der Waals surface area contributed by atoms with Crippen LogP contribution in [0.3, 0.4) is 0 Å². The Kier molecular flexibility index (Phi) is 3.26. The van der Waals surface area contributed by atoms with Gasteiger partial charge in [0.15, 0.2) is 0 Å². The van der Waals surface area contributed by atoms with Gasteiger partial charge in [-0.05, 0) is 97.0 Å². The van der Waals surface area contributed by atoms with E-state index in [9.17, 15) is 0 Å². The van der Waals surface area contributed by atoms with Crippen molar-refractivity contribution in [2.75, 3.05) is 0 Å². The minimum absolute atomic E-state index is 0.236. The van der Waals surface area contributed by atoms with Crippen molar-refractivity contribution < 1.29 is 9.31 Å². The molecule has 4 aliphatic carbocycles.